The lowest BCUT2D eigenvalue weighted by Crippen LogP contribution is -2.11. The Morgan fingerprint density at radius 1 is 1.15 bits per heavy atom. The van der Waals surface area contributed by atoms with Gasteiger partial charge >= 0.3 is 0 Å². The van der Waals surface area contributed by atoms with Gasteiger partial charge in [-0.2, -0.15) is 0 Å². The smallest absolute Gasteiger partial charge is 0.122 e. The van der Waals surface area contributed by atoms with Crippen LogP contribution < -0.4 is 0 Å². The van der Waals surface area contributed by atoms with E-state index in [-0.39, 0.29) is 0 Å². The van der Waals surface area contributed by atoms with E-state index in [0.717, 1.165) is 17.7 Å². The van der Waals surface area contributed by atoms with Gasteiger partial charge in [0.2, 0.25) is 0 Å². The number of benzene rings is 1. The van der Waals surface area contributed by atoms with Gasteiger partial charge in [-0.05, 0) is 44.5 Å². The fraction of sp³-hybridized carbons (Fsp3) is 0.667. The van der Waals surface area contributed by atoms with Crippen LogP contribution in [0.4, 0.5) is 0 Å². The highest BCUT2D eigenvalue weighted by Crippen LogP contribution is 2.30. The Bertz CT molecular complexity index is 412. The van der Waals surface area contributed by atoms with Crippen molar-refractivity contribution in [2.45, 2.75) is 65.3 Å². The zero-order valence-electron chi connectivity index (χ0n) is 13.9. The molecule has 0 saturated heterocycles. The van der Waals surface area contributed by atoms with E-state index in [9.17, 15) is 5.11 Å². The van der Waals surface area contributed by atoms with Crippen molar-refractivity contribution in [1.82, 2.24) is 4.90 Å². The molecule has 1 aromatic rings. The van der Waals surface area contributed by atoms with Gasteiger partial charge in [0.25, 0.3) is 0 Å². The van der Waals surface area contributed by atoms with Crippen LogP contribution in [0.3, 0.4) is 0 Å². The standard InChI is InChI=1S/C18H31NO/c1-6-7-8-9-10-14(2)16-11-15(3)18(20)17(12-16)13-19(4)5/h11-12,14,20H,6-10,13H2,1-5H3/t14-/m1/s1. The number of phenols is 1. The minimum Gasteiger partial charge on any atom is -0.507 e. The van der Waals surface area contributed by atoms with Crippen molar-refractivity contribution in [2.24, 2.45) is 0 Å². The molecular formula is C18H31NO. The third kappa shape index (κ3) is 5.16. The topological polar surface area (TPSA) is 23.5 Å². The van der Waals surface area contributed by atoms with Gasteiger partial charge in [0.05, 0.1) is 0 Å². The third-order valence-corrected chi connectivity index (χ3v) is 3.95. The molecule has 2 nitrogen and oxygen atoms in total. The van der Waals surface area contributed by atoms with Gasteiger partial charge in [-0.3, -0.25) is 0 Å². The Hall–Kier alpha value is -1.02. The number of unbranched alkanes of at least 4 members (excludes halogenated alkanes) is 3. The number of hydrogen-bond donors (Lipinski definition) is 1. The van der Waals surface area contributed by atoms with Crippen molar-refractivity contribution in [2.75, 3.05) is 14.1 Å². The number of hydrogen-bond acceptors (Lipinski definition) is 2. The minimum absolute atomic E-state index is 0.459. The number of phenolic OH excluding ortho intramolecular Hbond substituents is 1. The van der Waals surface area contributed by atoms with Gasteiger partial charge < -0.3 is 10.0 Å². The molecule has 0 aliphatic heterocycles. The Morgan fingerprint density at radius 3 is 2.45 bits per heavy atom. The summed E-state index contributed by atoms with van der Waals surface area (Å²) in [4.78, 5) is 2.10. The van der Waals surface area contributed by atoms with Crippen LogP contribution in [0.2, 0.25) is 0 Å². The average Bonchev–Trinajstić information content (AvgIpc) is 2.39. The van der Waals surface area contributed by atoms with Crippen molar-refractivity contribution in [1.29, 1.82) is 0 Å². The van der Waals surface area contributed by atoms with Gasteiger partial charge in [-0.15, -0.1) is 0 Å². The lowest BCUT2D eigenvalue weighted by atomic mass is 9.91. The van der Waals surface area contributed by atoms with Crippen LogP contribution in [-0.4, -0.2) is 24.1 Å². The molecule has 0 fully saturated rings. The largest absolute Gasteiger partial charge is 0.507 e. The van der Waals surface area contributed by atoms with Gasteiger partial charge in [0, 0.05) is 12.1 Å². The second-order valence-corrected chi connectivity index (χ2v) is 6.33. The number of nitrogens with zero attached hydrogens (tertiary/aromatic N) is 1. The summed E-state index contributed by atoms with van der Waals surface area (Å²) in [6, 6.07) is 4.34. The molecule has 114 valence electrons. The van der Waals surface area contributed by atoms with Gasteiger partial charge in [-0.25, -0.2) is 0 Å². The van der Waals surface area contributed by atoms with E-state index in [1.54, 1.807) is 0 Å². The SMILES string of the molecule is CCCCCC[C@@H](C)c1cc(C)c(O)c(CN(C)C)c1. The third-order valence-electron chi connectivity index (χ3n) is 3.95. The Kier molecular flexibility index (Phi) is 7.08. The summed E-state index contributed by atoms with van der Waals surface area (Å²) in [5.74, 6) is 1.03. The molecule has 0 spiro atoms. The highest BCUT2D eigenvalue weighted by Gasteiger charge is 2.12. The molecule has 0 aliphatic rings. The van der Waals surface area contributed by atoms with E-state index in [0.29, 0.717) is 11.7 Å². The summed E-state index contributed by atoms with van der Waals surface area (Å²) in [5, 5.41) is 10.2. The Labute approximate surface area is 124 Å². The van der Waals surface area contributed by atoms with Crippen LogP contribution in [0.25, 0.3) is 0 Å². The van der Waals surface area contributed by atoms with E-state index in [4.69, 9.17) is 0 Å². The molecule has 0 amide bonds. The maximum absolute atomic E-state index is 10.2. The molecular weight excluding hydrogens is 246 g/mol. The van der Waals surface area contributed by atoms with Gasteiger partial charge in [0.1, 0.15) is 5.75 Å². The minimum atomic E-state index is 0.459. The summed E-state index contributed by atoms with van der Waals surface area (Å²) >= 11 is 0. The van der Waals surface area contributed by atoms with Crippen LogP contribution in [-0.2, 0) is 6.54 Å². The van der Waals surface area contributed by atoms with Crippen LogP contribution in [0.15, 0.2) is 12.1 Å². The predicted octanol–water partition coefficient (Wildman–Crippen LogP) is 4.84. The molecule has 0 saturated carbocycles. The molecule has 1 N–H and O–H groups in total. The second-order valence-electron chi connectivity index (χ2n) is 6.33. The highest BCUT2D eigenvalue weighted by atomic mass is 16.3. The maximum Gasteiger partial charge on any atom is 0.122 e. The lowest BCUT2D eigenvalue weighted by Gasteiger charge is -2.18. The average molecular weight is 277 g/mol. The van der Waals surface area contributed by atoms with E-state index in [1.165, 1.54) is 37.7 Å². The monoisotopic (exact) mass is 277 g/mol. The summed E-state index contributed by atoms with van der Waals surface area (Å²) in [6.07, 6.45) is 6.51. The van der Waals surface area contributed by atoms with Crippen LogP contribution >= 0.6 is 0 Å². The highest BCUT2D eigenvalue weighted by molar-refractivity contribution is 5.44. The molecule has 20 heavy (non-hydrogen) atoms. The van der Waals surface area contributed by atoms with E-state index >= 15 is 0 Å². The molecule has 0 radical (unpaired) electrons. The summed E-state index contributed by atoms with van der Waals surface area (Å²) in [6.45, 7) is 7.35. The van der Waals surface area contributed by atoms with Crippen molar-refractivity contribution < 1.29 is 5.11 Å². The quantitative estimate of drug-likeness (QED) is 0.688. The van der Waals surface area contributed by atoms with Crippen LogP contribution in [0.1, 0.15) is 68.6 Å². The fourth-order valence-corrected chi connectivity index (χ4v) is 2.67. The predicted molar refractivity (Wildman–Crippen MR) is 87.4 cm³/mol. The van der Waals surface area contributed by atoms with E-state index in [1.807, 2.05) is 21.0 Å². The Balaban J connectivity index is 2.76. The zero-order valence-corrected chi connectivity index (χ0v) is 13.9. The van der Waals surface area contributed by atoms with Gasteiger partial charge in [0.15, 0.2) is 0 Å². The van der Waals surface area contributed by atoms with Crippen LogP contribution in [0, 0.1) is 6.92 Å². The van der Waals surface area contributed by atoms with Crippen molar-refractivity contribution >= 4 is 0 Å². The zero-order chi connectivity index (χ0) is 15.1. The number of aryl methyl sites for hydroxylation is 1. The lowest BCUT2D eigenvalue weighted by molar-refractivity contribution is 0.384. The van der Waals surface area contributed by atoms with Crippen molar-refractivity contribution in [3.05, 3.63) is 28.8 Å². The van der Waals surface area contributed by atoms with E-state index in [2.05, 4.69) is 30.9 Å². The Morgan fingerprint density at radius 2 is 1.85 bits per heavy atom. The molecule has 0 bridgehead atoms. The molecule has 1 aromatic carbocycles. The number of aromatic hydroxyl groups is 1. The normalized spacial score (nSPS) is 12.9. The van der Waals surface area contributed by atoms with Gasteiger partial charge in [-0.1, -0.05) is 51.7 Å². The first-order valence-electron chi connectivity index (χ1n) is 7.92. The van der Waals surface area contributed by atoms with Crippen molar-refractivity contribution in [3.8, 4) is 5.75 Å². The molecule has 2 heteroatoms. The molecule has 0 heterocycles. The maximum atomic E-state index is 10.2. The molecule has 1 rings (SSSR count). The second kappa shape index (κ2) is 8.31. The van der Waals surface area contributed by atoms with E-state index < -0.39 is 0 Å². The summed E-state index contributed by atoms with van der Waals surface area (Å²) < 4.78 is 0. The summed E-state index contributed by atoms with van der Waals surface area (Å²) in [5.41, 5.74) is 3.42. The van der Waals surface area contributed by atoms with Crippen molar-refractivity contribution in [3.63, 3.8) is 0 Å². The molecule has 0 unspecified atom stereocenters. The molecule has 1 atom stereocenters. The fourth-order valence-electron chi connectivity index (χ4n) is 2.67. The molecule has 0 aliphatic carbocycles. The number of rotatable bonds is 8. The molecule has 0 aromatic heterocycles. The first-order valence-corrected chi connectivity index (χ1v) is 7.92. The van der Waals surface area contributed by atoms with Crippen LogP contribution in [0.5, 0.6) is 5.75 Å². The summed E-state index contributed by atoms with van der Waals surface area (Å²) in [7, 11) is 4.07. The first-order chi connectivity index (χ1) is 9.45. The first kappa shape index (κ1) is 17.0.